The molecule has 1 saturated heterocycles. The summed E-state index contributed by atoms with van der Waals surface area (Å²) in [6.07, 6.45) is 3.51. The molecule has 0 bridgehead atoms. The van der Waals surface area contributed by atoms with Gasteiger partial charge in [-0.1, -0.05) is 18.0 Å². The highest BCUT2D eigenvalue weighted by atomic mass is 35.5. The summed E-state index contributed by atoms with van der Waals surface area (Å²) >= 11 is 6.00. The minimum atomic E-state index is 0. The molecule has 1 heterocycles. The van der Waals surface area contributed by atoms with Crippen LogP contribution in [0, 0.1) is 6.92 Å². The Balaban J connectivity index is 0.00000128. The van der Waals surface area contributed by atoms with Crippen LogP contribution in [0.15, 0.2) is 12.1 Å². The summed E-state index contributed by atoms with van der Waals surface area (Å²) in [5.74, 6) is 0.388. The molecular weight excluding hydrogens is 245 g/mol. The van der Waals surface area contributed by atoms with E-state index in [0.717, 1.165) is 24.1 Å². The summed E-state index contributed by atoms with van der Waals surface area (Å²) in [7, 11) is 0. The van der Waals surface area contributed by atoms with E-state index in [1.54, 1.807) is 6.07 Å². The summed E-state index contributed by atoms with van der Waals surface area (Å²) in [4.78, 5) is 0. The van der Waals surface area contributed by atoms with Gasteiger partial charge >= 0.3 is 0 Å². The first-order valence-corrected chi connectivity index (χ1v) is 5.78. The number of nitrogens with one attached hydrogen (secondary N) is 1. The number of halogens is 2. The monoisotopic (exact) mass is 261 g/mol. The van der Waals surface area contributed by atoms with Crippen LogP contribution in [-0.4, -0.2) is 11.7 Å². The fourth-order valence-corrected chi connectivity index (χ4v) is 2.43. The van der Waals surface area contributed by atoms with Gasteiger partial charge in [-0.25, -0.2) is 0 Å². The van der Waals surface area contributed by atoms with E-state index in [-0.39, 0.29) is 18.4 Å². The molecule has 1 aromatic carbocycles. The first kappa shape index (κ1) is 13.6. The molecule has 0 amide bonds. The van der Waals surface area contributed by atoms with E-state index in [0.29, 0.717) is 10.8 Å². The minimum absolute atomic E-state index is 0. The minimum Gasteiger partial charge on any atom is -0.507 e. The third kappa shape index (κ3) is 2.82. The van der Waals surface area contributed by atoms with Crippen molar-refractivity contribution in [2.75, 3.05) is 6.54 Å². The molecule has 16 heavy (non-hydrogen) atoms. The Morgan fingerprint density at radius 2 is 2.12 bits per heavy atom. The number of hydrogen-bond acceptors (Lipinski definition) is 2. The van der Waals surface area contributed by atoms with Crippen molar-refractivity contribution >= 4 is 24.0 Å². The van der Waals surface area contributed by atoms with E-state index in [1.807, 2.05) is 13.0 Å². The van der Waals surface area contributed by atoms with E-state index >= 15 is 0 Å². The summed E-state index contributed by atoms with van der Waals surface area (Å²) < 4.78 is 0. The van der Waals surface area contributed by atoms with Gasteiger partial charge in [-0.2, -0.15) is 0 Å². The third-order valence-corrected chi connectivity index (χ3v) is 3.20. The van der Waals surface area contributed by atoms with Crippen LogP contribution >= 0.6 is 24.0 Å². The van der Waals surface area contributed by atoms with Gasteiger partial charge in [0.25, 0.3) is 0 Å². The topological polar surface area (TPSA) is 32.3 Å². The van der Waals surface area contributed by atoms with Crippen molar-refractivity contribution in [3.63, 3.8) is 0 Å². The zero-order valence-electron chi connectivity index (χ0n) is 9.29. The molecule has 1 fully saturated rings. The van der Waals surface area contributed by atoms with Gasteiger partial charge in [-0.05, 0) is 44.0 Å². The largest absolute Gasteiger partial charge is 0.507 e. The second kappa shape index (κ2) is 5.76. The van der Waals surface area contributed by atoms with Crippen LogP contribution in [-0.2, 0) is 0 Å². The molecule has 0 spiro atoms. The number of hydrogen-bond donors (Lipinski definition) is 2. The van der Waals surface area contributed by atoms with Gasteiger partial charge in [-0.15, -0.1) is 12.4 Å². The second-order valence-corrected chi connectivity index (χ2v) is 4.60. The third-order valence-electron chi connectivity index (χ3n) is 2.98. The average Bonchev–Trinajstić information content (AvgIpc) is 2.24. The number of piperidine rings is 1. The van der Waals surface area contributed by atoms with Crippen LogP contribution in [0.3, 0.4) is 0 Å². The Kier molecular flexibility index (Phi) is 4.90. The molecule has 2 N–H and O–H groups in total. The molecule has 1 aromatic rings. The molecule has 0 saturated carbocycles. The van der Waals surface area contributed by atoms with E-state index in [9.17, 15) is 5.11 Å². The molecule has 0 radical (unpaired) electrons. The molecule has 1 atom stereocenters. The molecule has 0 aromatic heterocycles. The fourth-order valence-electron chi connectivity index (χ4n) is 2.14. The van der Waals surface area contributed by atoms with Crippen LogP contribution in [0.4, 0.5) is 0 Å². The standard InChI is InChI=1S/C12H16ClNO.ClH/c1-8-6-9(13)7-10(12(8)15)11-4-2-3-5-14-11;/h6-7,11,14-15H,2-5H2,1H3;1H/t11-;/m0./s1. The van der Waals surface area contributed by atoms with Crippen molar-refractivity contribution in [3.05, 3.63) is 28.3 Å². The zero-order chi connectivity index (χ0) is 10.8. The second-order valence-electron chi connectivity index (χ2n) is 4.16. The van der Waals surface area contributed by atoms with Gasteiger partial charge in [-0.3, -0.25) is 0 Å². The SMILES string of the molecule is Cc1cc(Cl)cc([C@@H]2CCCCN2)c1O.Cl. The van der Waals surface area contributed by atoms with Crippen molar-refractivity contribution in [2.45, 2.75) is 32.2 Å². The molecule has 4 heteroatoms. The van der Waals surface area contributed by atoms with Crippen LogP contribution < -0.4 is 5.32 Å². The van der Waals surface area contributed by atoms with Gasteiger partial charge in [0.15, 0.2) is 0 Å². The highest BCUT2D eigenvalue weighted by molar-refractivity contribution is 6.30. The average molecular weight is 262 g/mol. The predicted octanol–water partition coefficient (Wildman–Crippen LogP) is 3.59. The van der Waals surface area contributed by atoms with Gasteiger partial charge in [0.05, 0.1) is 0 Å². The molecule has 2 rings (SSSR count). The Morgan fingerprint density at radius 3 is 2.75 bits per heavy atom. The summed E-state index contributed by atoms with van der Waals surface area (Å²) in [6.45, 7) is 2.91. The van der Waals surface area contributed by atoms with E-state index in [1.165, 1.54) is 12.8 Å². The van der Waals surface area contributed by atoms with Crippen molar-refractivity contribution in [2.24, 2.45) is 0 Å². The smallest absolute Gasteiger partial charge is 0.123 e. The summed E-state index contributed by atoms with van der Waals surface area (Å²) in [5, 5.41) is 14.1. The zero-order valence-corrected chi connectivity index (χ0v) is 10.9. The van der Waals surface area contributed by atoms with Crippen LogP contribution in [0.5, 0.6) is 5.75 Å². The van der Waals surface area contributed by atoms with Crippen LogP contribution in [0.2, 0.25) is 5.02 Å². The van der Waals surface area contributed by atoms with Crippen molar-refractivity contribution < 1.29 is 5.11 Å². The van der Waals surface area contributed by atoms with Gasteiger partial charge in [0, 0.05) is 16.6 Å². The molecule has 2 nitrogen and oxygen atoms in total. The van der Waals surface area contributed by atoms with Gasteiger partial charge in [0.1, 0.15) is 5.75 Å². The maximum absolute atomic E-state index is 9.98. The highest BCUT2D eigenvalue weighted by Gasteiger charge is 2.19. The van der Waals surface area contributed by atoms with Crippen molar-refractivity contribution in [1.82, 2.24) is 5.32 Å². The molecule has 1 aliphatic heterocycles. The van der Waals surface area contributed by atoms with Crippen LogP contribution in [0.1, 0.15) is 36.4 Å². The van der Waals surface area contributed by atoms with Crippen LogP contribution in [0.25, 0.3) is 0 Å². The lowest BCUT2D eigenvalue weighted by atomic mass is 9.95. The summed E-state index contributed by atoms with van der Waals surface area (Å²) in [5.41, 5.74) is 1.80. The van der Waals surface area contributed by atoms with E-state index in [2.05, 4.69) is 5.32 Å². The predicted molar refractivity (Wildman–Crippen MR) is 69.7 cm³/mol. The van der Waals surface area contributed by atoms with E-state index in [4.69, 9.17) is 11.6 Å². The summed E-state index contributed by atoms with van der Waals surface area (Å²) in [6, 6.07) is 3.92. The van der Waals surface area contributed by atoms with Gasteiger partial charge < -0.3 is 10.4 Å². The molecular formula is C12H17Cl2NO. The molecule has 0 unspecified atom stereocenters. The van der Waals surface area contributed by atoms with Gasteiger partial charge in [0.2, 0.25) is 0 Å². The quantitative estimate of drug-likeness (QED) is 0.810. The maximum atomic E-state index is 9.98. The number of rotatable bonds is 1. The van der Waals surface area contributed by atoms with Crippen molar-refractivity contribution in [3.8, 4) is 5.75 Å². The number of phenolic OH excluding ortho intramolecular Hbond substituents is 1. The maximum Gasteiger partial charge on any atom is 0.123 e. The lowest BCUT2D eigenvalue weighted by Crippen LogP contribution is -2.26. The highest BCUT2D eigenvalue weighted by Crippen LogP contribution is 2.34. The first-order chi connectivity index (χ1) is 7.18. The number of phenols is 1. The lowest BCUT2D eigenvalue weighted by molar-refractivity contribution is 0.390. The fraction of sp³-hybridized carbons (Fsp3) is 0.500. The van der Waals surface area contributed by atoms with E-state index < -0.39 is 0 Å². The first-order valence-electron chi connectivity index (χ1n) is 5.41. The number of benzene rings is 1. The Labute approximate surface area is 107 Å². The van der Waals surface area contributed by atoms with Crippen molar-refractivity contribution in [1.29, 1.82) is 0 Å². The number of aromatic hydroxyl groups is 1. The Hall–Kier alpha value is -0.440. The number of aryl methyl sites for hydroxylation is 1. The molecule has 90 valence electrons. The lowest BCUT2D eigenvalue weighted by Gasteiger charge is -2.25. The Bertz CT molecular complexity index is 362. The normalized spacial score (nSPS) is 20.2. The Morgan fingerprint density at radius 1 is 1.38 bits per heavy atom. The molecule has 1 aliphatic rings. The molecule has 0 aliphatic carbocycles.